The van der Waals surface area contributed by atoms with Crippen LogP contribution in [0.2, 0.25) is 0 Å². The topological polar surface area (TPSA) is 93.0 Å². The summed E-state index contributed by atoms with van der Waals surface area (Å²) in [5, 5.41) is 0.326. The Kier molecular flexibility index (Phi) is 7.06. The van der Waals surface area contributed by atoms with Crippen molar-refractivity contribution in [2.24, 2.45) is 5.92 Å². The molecule has 0 bridgehead atoms. The minimum absolute atomic E-state index is 0.0640. The van der Waals surface area contributed by atoms with Crippen molar-refractivity contribution in [2.75, 3.05) is 18.1 Å². The van der Waals surface area contributed by atoms with E-state index in [1.54, 1.807) is 43.0 Å². The lowest BCUT2D eigenvalue weighted by molar-refractivity contribution is -0.129. The van der Waals surface area contributed by atoms with Gasteiger partial charge in [0.2, 0.25) is 11.8 Å². The van der Waals surface area contributed by atoms with Crippen LogP contribution in [0.15, 0.2) is 47.1 Å². The Hall–Kier alpha value is -3.53. The number of hydrogen-bond donors (Lipinski definition) is 0. The first-order valence-electron chi connectivity index (χ1n) is 10.9. The first-order valence-corrected chi connectivity index (χ1v) is 11.7. The van der Waals surface area contributed by atoms with Crippen molar-refractivity contribution in [3.05, 3.63) is 70.4 Å². The number of aryl methyl sites for hydroxylation is 1. The van der Waals surface area contributed by atoms with Crippen molar-refractivity contribution >= 4 is 34.3 Å². The molecule has 0 radical (unpaired) electrons. The number of thiazole rings is 1. The Morgan fingerprint density at radius 2 is 2.06 bits per heavy atom. The second kappa shape index (κ2) is 10.2. The van der Waals surface area contributed by atoms with Crippen LogP contribution in [0.3, 0.4) is 0 Å². The number of carbonyl (C=O) groups is 3. The van der Waals surface area contributed by atoms with E-state index < -0.39 is 11.9 Å². The predicted molar refractivity (Wildman–Crippen MR) is 123 cm³/mol. The number of aromatic nitrogens is 1. The van der Waals surface area contributed by atoms with Crippen molar-refractivity contribution in [1.29, 1.82) is 0 Å². The van der Waals surface area contributed by atoms with Gasteiger partial charge in [-0.3, -0.25) is 14.5 Å². The lowest BCUT2D eigenvalue weighted by Gasteiger charge is -2.23. The Bertz CT molecular complexity index is 1180. The monoisotopic (exact) mass is 485 g/mol. The summed E-state index contributed by atoms with van der Waals surface area (Å²) in [5.74, 6) is -1.26. The number of esters is 1. The summed E-state index contributed by atoms with van der Waals surface area (Å²) in [6, 6.07) is 9.34. The molecule has 34 heavy (non-hydrogen) atoms. The molecular formula is C24H24FN3O5S. The molecule has 1 aliphatic rings. The lowest BCUT2D eigenvalue weighted by atomic mass is 10.1. The van der Waals surface area contributed by atoms with Crippen LogP contribution >= 0.6 is 11.3 Å². The molecule has 3 aromatic rings. The zero-order valence-corrected chi connectivity index (χ0v) is 19.6. The molecule has 4 rings (SSSR count). The number of halogens is 1. The van der Waals surface area contributed by atoms with Gasteiger partial charge in [-0.05, 0) is 43.7 Å². The van der Waals surface area contributed by atoms with Crippen LogP contribution in [-0.2, 0) is 27.4 Å². The molecule has 8 nitrogen and oxygen atoms in total. The molecule has 10 heteroatoms. The Balaban J connectivity index is 1.59. The molecule has 0 aliphatic carbocycles. The highest BCUT2D eigenvalue weighted by Gasteiger charge is 2.38. The third kappa shape index (κ3) is 5.17. The van der Waals surface area contributed by atoms with E-state index in [9.17, 15) is 18.8 Å². The summed E-state index contributed by atoms with van der Waals surface area (Å²) >= 11 is 1.06. The summed E-state index contributed by atoms with van der Waals surface area (Å²) in [6.45, 7) is 4.27. The number of likely N-dealkylation sites (tertiary alicyclic amines) is 1. The number of furan rings is 1. The molecular weight excluding hydrogens is 461 g/mol. The third-order valence-electron chi connectivity index (χ3n) is 5.49. The quantitative estimate of drug-likeness (QED) is 0.449. The largest absolute Gasteiger partial charge is 0.467 e. The number of anilines is 1. The fourth-order valence-electron chi connectivity index (χ4n) is 3.80. The number of rotatable bonds is 8. The highest BCUT2D eigenvalue weighted by Crippen LogP contribution is 2.31. The number of nitrogens with zero attached hydrogens (tertiary/aromatic N) is 3. The molecule has 2 amide bonds. The molecule has 178 valence electrons. The van der Waals surface area contributed by atoms with Crippen LogP contribution in [-0.4, -0.2) is 40.8 Å². The first-order chi connectivity index (χ1) is 16.4. The van der Waals surface area contributed by atoms with Gasteiger partial charge >= 0.3 is 5.97 Å². The maximum atomic E-state index is 13.6. The van der Waals surface area contributed by atoms with Crippen molar-refractivity contribution in [3.8, 4) is 0 Å². The molecule has 0 unspecified atom stereocenters. The van der Waals surface area contributed by atoms with E-state index in [2.05, 4.69) is 4.98 Å². The molecule has 0 saturated carbocycles. The van der Waals surface area contributed by atoms with Gasteiger partial charge in [0.25, 0.3) is 0 Å². The van der Waals surface area contributed by atoms with E-state index in [0.29, 0.717) is 27.0 Å². The third-order valence-corrected chi connectivity index (χ3v) is 6.65. The molecule has 1 saturated heterocycles. The fourth-order valence-corrected chi connectivity index (χ4v) is 4.76. The van der Waals surface area contributed by atoms with Crippen LogP contribution in [0.5, 0.6) is 0 Å². The molecule has 1 fully saturated rings. The van der Waals surface area contributed by atoms with Crippen LogP contribution in [0, 0.1) is 18.7 Å². The molecule has 1 aromatic carbocycles. The summed E-state index contributed by atoms with van der Waals surface area (Å²) in [7, 11) is 0. The standard InChI is InChI=1S/C24H24FN3O5S/c1-3-32-23(31)21-15(2)26-24(34-21)28(12-16-6-8-18(25)9-7-16)22(30)17-11-20(29)27(13-17)14-19-5-4-10-33-19/h4-10,17H,3,11-14H2,1-2H3/t17-/m1/s1. The van der Waals surface area contributed by atoms with Crippen molar-refractivity contribution in [1.82, 2.24) is 9.88 Å². The van der Waals surface area contributed by atoms with E-state index in [4.69, 9.17) is 9.15 Å². The van der Waals surface area contributed by atoms with Crippen LogP contribution in [0.1, 0.15) is 40.0 Å². The van der Waals surface area contributed by atoms with Gasteiger partial charge in [-0.1, -0.05) is 23.5 Å². The number of ether oxygens (including phenoxy) is 1. The number of carbonyl (C=O) groups excluding carboxylic acids is 3. The Morgan fingerprint density at radius 1 is 1.29 bits per heavy atom. The van der Waals surface area contributed by atoms with Crippen molar-refractivity contribution < 1.29 is 27.9 Å². The van der Waals surface area contributed by atoms with E-state index >= 15 is 0 Å². The van der Waals surface area contributed by atoms with Gasteiger partial charge in [0, 0.05) is 13.0 Å². The van der Waals surface area contributed by atoms with Crippen LogP contribution in [0.25, 0.3) is 0 Å². The zero-order valence-electron chi connectivity index (χ0n) is 18.8. The van der Waals surface area contributed by atoms with Gasteiger partial charge in [0.15, 0.2) is 5.13 Å². The summed E-state index contributed by atoms with van der Waals surface area (Å²) in [4.78, 5) is 46.3. The predicted octanol–water partition coefficient (Wildman–Crippen LogP) is 3.94. The molecule has 0 N–H and O–H groups in total. The second-order valence-electron chi connectivity index (χ2n) is 7.94. The minimum Gasteiger partial charge on any atom is -0.467 e. The summed E-state index contributed by atoms with van der Waals surface area (Å²) in [5.41, 5.74) is 1.15. The maximum absolute atomic E-state index is 13.6. The zero-order chi connectivity index (χ0) is 24.2. The fraction of sp³-hybridized carbons (Fsp3) is 0.333. The van der Waals surface area contributed by atoms with E-state index in [-0.39, 0.29) is 50.3 Å². The number of hydrogen-bond acceptors (Lipinski definition) is 7. The average Bonchev–Trinajstić information content (AvgIpc) is 3.54. The van der Waals surface area contributed by atoms with E-state index in [0.717, 1.165) is 11.3 Å². The van der Waals surface area contributed by atoms with Crippen LogP contribution < -0.4 is 4.90 Å². The van der Waals surface area contributed by atoms with Gasteiger partial charge in [-0.15, -0.1) is 0 Å². The van der Waals surface area contributed by atoms with Gasteiger partial charge in [-0.25, -0.2) is 14.2 Å². The molecule has 3 heterocycles. The average molecular weight is 486 g/mol. The molecule has 1 atom stereocenters. The minimum atomic E-state index is -0.585. The highest BCUT2D eigenvalue weighted by atomic mass is 32.1. The first kappa shape index (κ1) is 23.6. The lowest BCUT2D eigenvalue weighted by Crippen LogP contribution is -2.37. The van der Waals surface area contributed by atoms with Crippen molar-refractivity contribution in [3.63, 3.8) is 0 Å². The SMILES string of the molecule is CCOC(=O)c1sc(N(Cc2ccc(F)cc2)C(=O)[C@@H]2CC(=O)N(Cc3ccco3)C2)nc1C. The Morgan fingerprint density at radius 3 is 2.74 bits per heavy atom. The van der Waals surface area contributed by atoms with E-state index in [1.807, 2.05) is 0 Å². The molecule has 0 spiro atoms. The number of benzene rings is 1. The molecule has 1 aliphatic heterocycles. The number of amides is 2. The van der Waals surface area contributed by atoms with Gasteiger partial charge in [0.05, 0.1) is 37.6 Å². The molecule has 2 aromatic heterocycles. The Labute approximate surface area is 199 Å². The van der Waals surface area contributed by atoms with Gasteiger partial charge < -0.3 is 14.1 Å². The normalized spacial score (nSPS) is 15.6. The summed E-state index contributed by atoms with van der Waals surface area (Å²) < 4.78 is 23.8. The van der Waals surface area contributed by atoms with Crippen molar-refractivity contribution in [2.45, 2.75) is 33.4 Å². The maximum Gasteiger partial charge on any atom is 0.350 e. The second-order valence-corrected chi connectivity index (χ2v) is 8.91. The highest BCUT2D eigenvalue weighted by molar-refractivity contribution is 7.17. The smallest absolute Gasteiger partial charge is 0.350 e. The van der Waals surface area contributed by atoms with Gasteiger partial charge in [0.1, 0.15) is 16.5 Å². The van der Waals surface area contributed by atoms with Gasteiger partial charge in [-0.2, -0.15) is 0 Å². The van der Waals surface area contributed by atoms with E-state index in [1.165, 1.54) is 23.3 Å². The van der Waals surface area contributed by atoms with Crippen LogP contribution in [0.4, 0.5) is 9.52 Å². The summed E-state index contributed by atoms with van der Waals surface area (Å²) in [6.07, 6.45) is 1.60.